The molecule has 2 rings (SSSR count). The lowest BCUT2D eigenvalue weighted by Crippen LogP contribution is -2.35. The second-order valence-corrected chi connectivity index (χ2v) is 5.32. The fraction of sp³-hybridized carbons (Fsp3) is 1.00. The molecule has 1 saturated carbocycles. The van der Waals surface area contributed by atoms with Gasteiger partial charge in [0.15, 0.2) is 0 Å². The first-order valence-corrected chi connectivity index (χ1v) is 6.23. The number of nitrogens with zero attached hydrogens (tertiary/aromatic N) is 1. The second kappa shape index (κ2) is 4.63. The van der Waals surface area contributed by atoms with Crippen molar-refractivity contribution in [1.29, 1.82) is 0 Å². The maximum absolute atomic E-state index is 5.53. The predicted molar refractivity (Wildman–Crippen MR) is 60.2 cm³/mol. The third kappa shape index (κ3) is 2.29. The van der Waals surface area contributed by atoms with E-state index in [0.29, 0.717) is 0 Å². The van der Waals surface area contributed by atoms with Crippen LogP contribution in [0.2, 0.25) is 0 Å². The van der Waals surface area contributed by atoms with E-state index in [1.807, 2.05) is 0 Å². The highest BCUT2D eigenvalue weighted by atomic mass is 15.2. The van der Waals surface area contributed by atoms with Crippen LogP contribution in [0.5, 0.6) is 0 Å². The highest BCUT2D eigenvalue weighted by Crippen LogP contribution is 2.37. The molecule has 2 heteroatoms. The van der Waals surface area contributed by atoms with E-state index in [4.69, 9.17) is 5.73 Å². The zero-order valence-electron chi connectivity index (χ0n) is 9.41. The van der Waals surface area contributed by atoms with Crippen LogP contribution < -0.4 is 5.73 Å². The van der Waals surface area contributed by atoms with Gasteiger partial charge in [-0.25, -0.2) is 0 Å². The Kier molecular flexibility index (Phi) is 3.45. The van der Waals surface area contributed by atoms with Gasteiger partial charge in [0, 0.05) is 19.1 Å². The standard InChI is InChI=1S/C12H24N2/c1-10(3-2-6-13)8-14-9-11-4-5-12(14)7-11/h10-12H,2-9,13H2,1H3. The van der Waals surface area contributed by atoms with Crippen LogP contribution in [-0.2, 0) is 0 Å². The third-order valence-electron chi connectivity index (χ3n) is 3.97. The van der Waals surface area contributed by atoms with Crippen LogP contribution in [0.4, 0.5) is 0 Å². The number of fused-ring (bicyclic) bond motifs is 2. The molecule has 2 aliphatic rings. The average Bonchev–Trinajstić information content (AvgIpc) is 2.76. The first-order valence-electron chi connectivity index (χ1n) is 6.23. The van der Waals surface area contributed by atoms with E-state index in [1.54, 1.807) is 0 Å². The molecule has 3 atom stereocenters. The Balaban J connectivity index is 1.70. The van der Waals surface area contributed by atoms with E-state index in [2.05, 4.69) is 11.8 Å². The van der Waals surface area contributed by atoms with Gasteiger partial charge in [-0.15, -0.1) is 0 Å². The fourth-order valence-electron chi connectivity index (χ4n) is 3.21. The molecule has 82 valence electrons. The number of nitrogens with two attached hydrogens (primary N) is 1. The summed E-state index contributed by atoms with van der Waals surface area (Å²) in [6.07, 6.45) is 6.96. The van der Waals surface area contributed by atoms with Gasteiger partial charge >= 0.3 is 0 Å². The van der Waals surface area contributed by atoms with Crippen LogP contribution in [-0.4, -0.2) is 30.6 Å². The molecule has 0 radical (unpaired) electrons. The van der Waals surface area contributed by atoms with Crippen molar-refractivity contribution in [2.45, 2.75) is 45.1 Å². The minimum atomic E-state index is 0.845. The highest BCUT2D eigenvalue weighted by Gasteiger charge is 2.37. The van der Waals surface area contributed by atoms with Gasteiger partial charge in [0.1, 0.15) is 0 Å². The Labute approximate surface area is 87.8 Å². The zero-order chi connectivity index (χ0) is 9.97. The SMILES string of the molecule is CC(CCCN)CN1CC2CCC1C2. The Bertz CT molecular complexity index is 181. The fourth-order valence-corrected chi connectivity index (χ4v) is 3.21. The number of piperidine rings is 1. The van der Waals surface area contributed by atoms with Gasteiger partial charge in [-0.2, -0.15) is 0 Å². The molecule has 2 fully saturated rings. The molecule has 0 aromatic heterocycles. The van der Waals surface area contributed by atoms with Gasteiger partial charge < -0.3 is 5.73 Å². The molecule has 2 nitrogen and oxygen atoms in total. The van der Waals surface area contributed by atoms with E-state index >= 15 is 0 Å². The van der Waals surface area contributed by atoms with E-state index in [1.165, 1.54) is 45.2 Å². The van der Waals surface area contributed by atoms with Crippen LogP contribution >= 0.6 is 0 Å². The first-order chi connectivity index (χ1) is 6.79. The van der Waals surface area contributed by atoms with Crippen molar-refractivity contribution < 1.29 is 0 Å². The molecule has 2 bridgehead atoms. The average molecular weight is 196 g/mol. The summed E-state index contributed by atoms with van der Waals surface area (Å²) in [5.74, 6) is 1.89. The van der Waals surface area contributed by atoms with Crippen LogP contribution in [0.3, 0.4) is 0 Å². The van der Waals surface area contributed by atoms with Crippen molar-refractivity contribution in [3.8, 4) is 0 Å². The van der Waals surface area contributed by atoms with E-state index in [0.717, 1.165) is 24.4 Å². The van der Waals surface area contributed by atoms with Crippen LogP contribution in [0.15, 0.2) is 0 Å². The van der Waals surface area contributed by atoms with Gasteiger partial charge in [-0.05, 0) is 50.5 Å². The second-order valence-electron chi connectivity index (χ2n) is 5.32. The summed E-state index contributed by atoms with van der Waals surface area (Å²) in [5.41, 5.74) is 5.53. The lowest BCUT2D eigenvalue weighted by atomic mass is 10.0. The monoisotopic (exact) mass is 196 g/mol. The van der Waals surface area contributed by atoms with Crippen molar-refractivity contribution >= 4 is 0 Å². The van der Waals surface area contributed by atoms with E-state index in [-0.39, 0.29) is 0 Å². The molecule has 1 saturated heterocycles. The first kappa shape index (κ1) is 10.4. The van der Waals surface area contributed by atoms with Crippen molar-refractivity contribution in [2.75, 3.05) is 19.6 Å². The highest BCUT2D eigenvalue weighted by molar-refractivity contribution is 4.92. The molecule has 1 aliphatic carbocycles. The minimum Gasteiger partial charge on any atom is -0.330 e. The predicted octanol–water partition coefficient (Wildman–Crippen LogP) is 1.85. The smallest absolute Gasteiger partial charge is 0.00987 e. The van der Waals surface area contributed by atoms with Gasteiger partial charge in [-0.3, -0.25) is 4.90 Å². The lowest BCUT2D eigenvalue weighted by molar-refractivity contribution is 0.182. The summed E-state index contributed by atoms with van der Waals surface area (Å²) in [6.45, 7) is 5.94. The van der Waals surface area contributed by atoms with E-state index < -0.39 is 0 Å². The van der Waals surface area contributed by atoms with Crippen molar-refractivity contribution in [1.82, 2.24) is 4.90 Å². The summed E-state index contributed by atoms with van der Waals surface area (Å²) in [7, 11) is 0. The molecule has 14 heavy (non-hydrogen) atoms. The number of rotatable bonds is 5. The molecule has 1 aliphatic heterocycles. The molecule has 0 aromatic rings. The number of hydrogen-bond acceptors (Lipinski definition) is 2. The molecule has 0 aromatic carbocycles. The maximum atomic E-state index is 5.53. The Morgan fingerprint density at radius 1 is 1.43 bits per heavy atom. The van der Waals surface area contributed by atoms with Crippen molar-refractivity contribution in [2.24, 2.45) is 17.6 Å². The van der Waals surface area contributed by atoms with Gasteiger partial charge in [0.25, 0.3) is 0 Å². The molecule has 3 unspecified atom stereocenters. The summed E-state index contributed by atoms with van der Waals surface area (Å²) < 4.78 is 0. The third-order valence-corrected chi connectivity index (χ3v) is 3.97. The van der Waals surface area contributed by atoms with Gasteiger partial charge in [-0.1, -0.05) is 6.92 Å². The number of likely N-dealkylation sites (tertiary alicyclic amines) is 1. The van der Waals surface area contributed by atoms with E-state index in [9.17, 15) is 0 Å². The Morgan fingerprint density at radius 2 is 2.29 bits per heavy atom. The number of hydrogen-bond donors (Lipinski definition) is 1. The molecule has 0 spiro atoms. The molecular formula is C12H24N2. The maximum Gasteiger partial charge on any atom is 0.00987 e. The van der Waals surface area contributed by atoms with Crippen molar-refractivity contribution in [3.63, 3.8) is 0 Å². The summed E-state index contributed by atoms with van der Waals surface area (Å²) >= 11 is 0. The zero-order valence-corrected chi connectivity index (χ0v) is 9.41. The topological polar surface area (TPSA) is 29.3 Å². The quantitative estimate of drug-likeness (QED) is 0.727. The summed E-state index contributed by atoms with van der Waals surface area (Å²) in [6, 6.07) is 0.945. The van der Waals surface area contributed by atoms with Gasteiger partial charge in [0.2, 0.25) is 0 Å². The van der Waals surface area contributed by atoms with Gasteiger partial charge in [0.05, 0.1) is 0 Å². The Morgan fingerprint density at radius 3 is 2.86 bits per heavy atom. The normalized spacial score (nSPS) is 33.9. The molecule has 0 amide bonds. The Hall–Kier alpha value is -0.0800. The molecular weight excluding hydrogens is 172 g/mol. The van der Waals surface area contributed by atoms with Crippen LogP contribution in [0.1, 0.15) is 39.0 Å². The summed E-state index contributed by atoms with van der Waals surface area (Å²) in [4.78, 5) is 2.73. The minimum absolute atomic E-state index is 0.845. The van der Waals surface area contributed by atoms with Crippen LogP contribution in [0, 0.1) is 11.8 Å². The van der Waals surface area contributed by atoms with Crippen molar-refractivity contribution in [3.05, 3.63) is 0 Å². The lowest BCUT2D eigenvalue weighted by Gasteiger charge is -2.29. The molecule has 2 N–H and O–H groups in total. The molecule has 1 heterocycles. The summed E-state index contributed by atoms with van der Waals surface area (Å²) in [5, 5.41) is 0. The van der Waals surface area contributed by atoms with Crippen LogP contribution in [0.25, 0.3) is 0 Å². The largest absolute Gasteiger partial charge is 0.330 e.